The molecule has 3 aromatic heterocycles. The number of hydrogen-bond acceptors (Lipinski definition) is 7. The van der Waals surface area contributed by atoms with Crippen LogP contribution < -0.4 is 15.0 Å². The third-order valence-electron chi connectivity index (χ3n) is 5.96. The lowest BCUT2D eigenvalue weighted by atomic mass is 10.1. The van der Waals surface area contributed by atoms with Gasteiger partial charge in [-0.25, -0.2) is 9.50 Å². The van der Waals surface area contributed by atoms with E-state index in [4.69, 9.17) is 14.8 Å². The Morgan fingerprint density at radius 3 is 2.72 bits per heavy atom. The maximum absolute atomic E-state index is 12.5. The summed E-state index contributed by atoms with van der Waals surface area (Å²) in [6, 6.07) is 17.4. The highest BCUT2D eigenvalue weighted by Crippen LogP contribution is 2.31. The molecule has 0 radical (unpaired) electrons. The second kappa shape index (κ2) is 11.3. The minimum absolute atomic E-state index is 0.0527. The monoisotopic (exact) mass is 484 g/mol. The Kier molecular flexibility index (Phi) is 7.78. The highest BCUT2D eigenvalue weighted by atomic mass is 16.5. The van der Waals surface area contributed by atoms with E-state index >= 15 is 0 Å². The molecule has 4 aromatic rings. The number of amides is 1. The molecule has 1 aliphatic heterocycles. The molecule has 0 aliphatic carbocycles. The SMILES string of the molecule is CCOc1cc(-c2ccc(N3CCC(NC(=O)c4ccccc4)C3)nc2)c2c(C#N)cnn2c1.CO. The zero-order chi connectivity index (χ0) is 25.5. The number of nitrogens with one attached hydrogen (secondary N) is 1. The Bertz CT molecular complexity index is 1360. The summed E-state index contributed by atoms with van der Waals surface area (Å²) in [4.78, 5) is 19.3. The molecule has 9 heteroatoms. The molecule has 1 unspecified atom stereocenters. The largest absolute Gasteiger partial charge is 0.492 e. The van der Waals surface area contributed by atoms with Crippen LogP contribution in [0, 0.1) is 11.3 Å². The Morgan fingerprint density at radius 2 is 2.03 bits per heavy atom. The van der Waals surface area contributed by atoms with E-state index in [9.17, 15) is 10.1 Å². The third-order valence-corrected chi connectivity index (χ3v) is 5.96. The molecule has 1 fully saturated rings. The fraction of sp³-hybridized carbons (Fsp3) is 0.259. The average molecular weight is 485 g/mol. The van der Waals surface area contributed by atoms with Crippen molar-refractivity contribution < 1.29 is 14.6 Å². The van der Waals surface area contributed by atoms with Gasteiger partial charge in [0, 0.05) is 49.1 Å². The number of nitrogens with zero attached hydrogens (tertiary/aromatic N) is 5. The van der Waals surface area contributed by atoms with Crippen molar-refractivity contribution in [2.75, 3.05) is 31.7 Å². The first-order valence-corrected chi connectivity index (χ1v) is 11.7. The zero-order valence-corrected chi connectivity index (χ0v) is 20.3. The number of rotatable bonds is 6. The van der Waals surface area contributed by atoms with Crippen LogP contribution in [0.2, 0.25) is 0 Å². The summed E-state index contributed by atoms with van der Waals surface area (Å²) >= 11 is 0. The van der Waals surface area contributed by atoms with Crippen molar-refractivity contribution in [2.45, 2.75) is 19.4 Å². The summed E-state index contributed by atoms with van der Waals surface area (Å²) in [6.07, 6.45) is 6.01. The number of carbonyl (C=O) groups is 1. The fourth-order valence-corrected chi connectivity index (χ4v) is 4.32. The van der Waals surface area contributed by atoms with Crippen molar-refractivity contribution in [1.29, 1.82) is 5.26 Å². The van der Waals surface area contributed by atoms with Crippen molar-refractivity contribution in [3.8, 4) is 22.9 Å². The highest BCUT2D eigenvalue weighted by Gasteiger charge is 2.25. The Balaban J connectivity index is 0.00000148. The normalized spacial score (nSPS) is 14.6. The fourth-order valence-electron chi connectivity index (χ4n) is 4.32. The first kappa shape index (κ1) is 24.7. The lowest BCUT2D eigenvalue weighted by Crippen LogP contribution is -2.37. The molecule has 2 N–H and O–H groups in total. The van der Waals surface area contributed by atoms with Gasteiger partial charge in [0.05, 0.1) is 30.1 Å². The van der Waals surface area contributed by atoms with Gasteiger partial charge in [-0.05, 0) is 43.7 Å². The highest BCUT2D eigenvalue weighted by molar-refractivity contribution is 5.94. The number of aliphatic hydroxyl groups excluding tert-OH is 1. The molecular formula is C27H28N6O3. The molecule has 0 spiro atoms. The van der Waals surface area contributed by atoms with Gasteiger partial charge < -0.3 is 20.1 Å². The second-order valence-electron chi connectivity index (χ2n) is 8.16. The number of anilines is 1. The van der Waals surface area contributed by atoms with Gasteiger partial charge in [0.25, 0.3) is 5.91 Å². The molecule has 1 atom stereocenters. The minimum atomic E-state index is -0.0527. The van der Waals surface area contributed by atoms with E-state index in [1.807, 2.05) is 61.7 Å². The summed E-state index contributed by atoms with van der Waals surface area (Å²) in [5, 5.41) is 24.0. The first-order chi connectivity index (χ1) is 17.7. The van der Waals surface area contributed by atoms with E-state index in [0.717, 1.165) is 42.5 Å². The molecule has 184 valence electrons. The molecule has 9 nitrogen and oxygen atoms in total. The molecule has 1 saturated heterocycles. The number of aromatic nitrogens is 3. The molecule has 1 amide bonds. The predicted molar refractivity (Wildman–Crippen MR) is 137 cm³/mol. The molecule has 4 heterocycles. The van der Waals surface area contributed by atoms with E-state index in [-0.39, 0.29) is 11.9 Å². The predicted octanol–water partition coefficient (Wildman–Crippen LogP) is 3.28. The van der Waals surface area contributed by atoms with E-state index in [1.54, 1.807) is 16.9 Å². The van der Waals surface area contributed by atoms with Crippen LogP contribution in [-0.4, -0.2) is 58.5 Å². The number of aliphatic hydroxyl groups is 1. The van der Waals surface area contributed by atoms with E-state index in [1.165, 1.54) is 0 Å². The zero-order valence-electron chi connectivity index (χ0n) is 20.3. The van der Waals surface area contributed by atoms with Gasteiger partial charge in [0.2, 0.25) is 0 Å². The first-order valence-electron chi connectivity index (χ1n) is 11.7. The van der Waals surface area contributed by atoms with Crippen LogP contribution in [0.4, 0.5) is 5.82 Å². The van der Waals surface area contributed by atoms with Crippen LogP contribution in [-0.2, 0) is 0 Å². The number of ether oxygens (including phenoxy) is 1. The number of benzene rings is 1. The summed E-state index contributed by atoms with van der Waals surface area (Å²) in [6.45, 7) is 3.98. The van der Waals surface area contributed by atoms with Crippen molar-refractivity contribution in [2.24, 2.45) is 0 Å². The van der Waals surface area contributed by atoms with E-state index < -0.39 is 0 Å². The number of pyridine rings is 2. The smallest absolute Gasteiger partial charge is 0.251 e. The van der Waals surface area contributed by atoms with E-state index in [0.29, 0.717) is 30.0 Å². The standard InChI is InChI=1S/C26H24N6O2.CH4O/c1-2-34-22-12-23(25-20(13-27)15-29-32(25)17-22)19-8-9-24(28-14-19)31-11-10-21(16-31)30-26(33)18-6-4-3-5-7-18;1-2/h3-9,12,14-15,17,21H,2,10-11,16H2,1H3,(H,30,33);2H,1H3. The molecule has 1 aliphatic rings. The Labute approximate surface area is 209 Å². The van der Waals surface area contributed by atoms with Gasteiger partial charge >= 0.3 is 0 Å². The van der Waals surface area contributed by atoms with Crippen molar-refractivity contribution in [3.05, 3.63) is 78.2 Å². The minimum Gasteiger partial charge on any atom is -0.492 e. The lowest BCUT2D eigenvalue weighted by molar-refractivity contribution is 0.0940. The van der Waals surface area contributed by atoms with Crippen molar-refractivity contribution in [3.63, 3.8) is 0 Å². The number of nitriles is 1. The molecule has 1 aromatic carbocycles. The lowest BCUT2D eigenvalue weighted by Gasteiger charge is -2.18. The molecule has 5 rings (SSSR count). The summed E-state index contributed by atoms with van der Waals surface area (Å²) in [7, 11) is 1.00. The van der Waals surface area contributed by atoms with Crippen LogP contribution in [0.25, 0.3) is 16.6 Å². The van der Waals surface area contributed by atoms with Crippen LogP contribution in [0.1, 0.15) is 29.3 Å². The number of hydrogen-bond donors (Lipinski definition) is 2. The molecule has 36 heavy (non-hydrogen) atoms. The quantitative estimate of drug-likeness (QED) is 0.431. The van der Waals surface area contributed by atoms with Gasteiger partial charge in [-0.1, -0.05) is 18.2 Å². The second-order valence-corrected chi connectivity index (χ2v) is 8.16. The van der Waals surface area contributed by atoms with Crippen LogP contribution in [0.15, 0.2) is 67.1 Å². The van der Waals surface area contributed by atoms with E-state index in [2.05, 4.69) is 21.4 Å². The summed E-state index contributed by atoms with van der Waals surface area (Å²) in [5.74, 6) is 1.48. The molecule has 0 bridgehead atoms. The van der Waals surface area contributed by atoms with Gasteiger partial charge in [-0.3, -0.25) is 4.79 Å². The average Bonchev–Trinajstić information content (AvgIpc) is 3.57. The summed E-state index contributed by atoms with van der Waals surface area (Å²) < 4.78 is 7.37. The van der Waals surface area contributed by atoms with Crippen LogP contribution in [0.5, 0.6) is 5.75 Å². The van der Waals surface area contributed by atoms with Crippen molar-refractivity contribution >= 4 is 17.2 Å². The number of carbonyl (C=O) groups excluding carboxylic acids is 1. The summed E-state index contributed by atoms with van der Waals surface area (Å²) in [5.41, 5.74) is 3.61. The van der Waals surface area contributed by atoms with Gasteiger partial charge in [-0.15, -0.1) is 0 Å². The third kappa shape index (κ3) is 5.14. The molecule has 0 saturated carbocycles. The Hall–Kier alpha value is -4.42. The number of fused-ring (bicyclic) bond motifs is 1. The van der Waals surface area contributed by atoms with Crippen molar-refractivity contribution in [1.82, 2.24) is 19.9 Å². The molecular weight excluding hydrogens is 456 g/mol. The van der Waals surface area contributed by atoms with Gasteiger partial charge in [0.1, 0.15) is 17.6 Å². The van der Waals surface area contributed by atoms with Gasteiger partial charge in [-0.2, -0.15) is 10.4 Å². The topological polar surface area (TPSA) is 116 Å². The van der Waals surface area contributed by atoms with Gasteiger partial charge in [0.15, 0.2) is 0 Å². The van der Waals surface area contributed by atoms with Crippen LogP contribution in [0.3, 0.4) is 0 Å². The Morgan fingerprint density at radius 1 is 1.22 bits per heavy atom. The van der Waals surface area contributed by atoms with Crippen LogP contribution >= 0.6 is 0 Å². The maximum atomic E-state index is 12.5. The maximum Gasteiger partial charge on any atom is 0.251 e.